The van der Waals surface area contributed by atoms with Crippen molar-refractivity contribution in [3.63, 3.8) is 0 Å². The number of rotatable bonds is 3. The average molecular weight is 345 g/mol. The van der Waals surface area contributed by atoms with Crippen LogP contribution in [0.4, 0.5) is 0 Å². The van der Waals surface area contributed by atoms with E-state index in [0.29, 0.717) is 5.65 Å². The van der Waals surface area contributed by atoms with Crippen LogP contribution >= 0.6 is 15.9 Å². The summed E-state index contributed by atoms with van der Waals surface area (Å²) in [5.41, 5.74) is 2.43. The fourth-order valence-electron chi connectivity index (χ4n) is 2.15. The minimum atomic E-state index is -0.0849. The number of benzene rings is 1. The Bertz CT molecular complexity index is 795. The van der Waals surface area contributed by atoms with Crippen molar-refractivity contribution in [2.45, 2.75) is 6.54 Å². The van der Waals surface area contributed by atoms with Gasteiger partial charge in [-0.1, -0.05) is 28.1 Å². The van der Waals surface area contributed by atoms with Crippen LogP contribution in [0.1, 0.15) is 0 Å². The highest BCUT2D eigenvalue weighted by atomic mass is 79.9. The van der Waals surface area contributed by atoms with E-state index in [0.717, 1.165) is 21.4 Å². The zero-order valence-corrected chi connectivity index (χ0v) is 13.0. The van der Waals surface area contributed by atoms with Gasteiger partial charge >= 0.3 is 0 Å². The molecule has 0 unspecified atom stereocenters. The number of imidazole rings is 1. The summed E-state index contributed by atoms with van der Waals surface area (Å²) in [6.45, 7) is 0.190. The minimum Gasteiger partial charge on any atom is -0.358 e. The van der Waals surface area contributed by atoms with E-state index in [4.69, 9.17) is 0 Å². The van der Waals surface area contributed by atoms with E-state index in [-0.39, 0.29) is 12.5 Å². The van der Waals surface area contributed by atoms with Crippen LogP contribution in [0.3, 0.4) is 0 Å². The Labute approximate surface area is 130 Å². The molecule has 0 bridgehead atoms. The van der Waals surface area contributed by atoms with Crippen LogP contribution in [0.15, 0.2) is 47.1 Å². The first-order valence-corrected chi connectivity index (χ1v) is 7.26. The average Bonchev–Trinajstić information content (AvgIpc) is 2.87. The van der Waals surface area contributed by atoms with Crippen molar-refractivity contribution >= 4 is 33.0 Å². The molecule has 0 atom stereocenters. The molecule has 1 aromatic carbocycles. The van der Waals surface area contributed by atoms with Crippen molar-refractivity contribution in [3.05, 3.63) is 47.1 Å². The lowest BCUT2D eigenvalue weighted by Crippen LogP contribution is -2.24. The number of carbonyl (C=O) groups excluding carboxylic acids is 1. The standard InChI is InChI=1S/C15H13BrN4O/c1-17-13(21)9-20-14(10-4-6-11(16)7-5-10)19-12-3-2-8-18-15(12)20/h2-8H,9H2,1H3,(H,17,21). The summed E-state index contributed by atoms with van der Waals surface area (Å²) >= 11 is 3.42. The summed E-state index contributed by atoms with van der Waals surface area (Å²) in [7, 11) is 1.62. The van der Waals surface area contributed by atoms with Gasteiger partial charge in [-0.25, -0.2) is 9.97 Å². The van der Waals surface area contributed by atoms with E-state index in [2.05, 4.69) is 31.2 Å². The molecule has 2 heterocycles. The third-order valence-electron chi connectivity index (χ3n) is 3.19. The fourth-order valence-corrected chi connectivity index (χ4v) is 2.41. The summed E-state index contributed by atoms with van der Waals surface area (Å²) in [5.74, 6) is 0.651. The van der Waals surface area contributed by atoms with Gasteiger partial charge in [0.15, 0.2) is 5.65 Å². The summed E-state index contributed by atoms with van der Waals surface area (Å²) in [4.78, 5) is 20.7. The van der Waals surface area contributed by atoms with Crippen LogP contribution < -0.4 is 5.32 Å². The van der Waals surface area contributed by atoms with Gasteiger partial charge in [0.1, 0.15) is 17.9 Å². The maximum absolute atomic E-state index is 11.8. The van der Waals surface area contributed by atoms with Crippen LogP contribution in [0.5, 0.6) is 0 Å². The van der Waals surface area contributed by atoms with Crippen molar-refractivity contribution in [1.29, 1.82) is 0 Å². The smallest absolute Gasteiger partial charge is 0.239 e. The summed E-state index contributed by atoms with van der Waals surface area (Å²) in [5, 5.41) is 2.63. The molecule has 0 aliphatic heterocycles. The highest BCUT2D eigenvalue weighted by Gasteiger charge is 2.15. The maximum Gasteiger partial charge on any atom is 0.239 e. The van der Waals surface area contributed by atoms with Crippen molar-refractivity contribution in [3.8, 4) is 11.4 Å². The number of pyridine rings is 1. The Balaban J connectivity index is 2.18. The number of likely N-dealkylation sites (N-methyl/N-ethyl adjacent to an activating group) is 1. The highest BCUT2D eigenvalue weighted by Crippen LogP contribution is 2.24. The summed E-state index contributed by atoms with van der Waals surface area (Å²) in [6.07, 6.45) is 1.70. The number of hydrogen-bond donors (Lipinski definition) is 1. The quantitative estimate of drug-likeness (QED) is 0.794. The van der Waals surface area contributed by atoms with Gasteiger partial charge < -0.3 is 5.32 Å². The number of nitrogens with one attached hydrogen (secondary N) is 1. The summed E-state index contributed by atoms with van der Waals surface area (Å²) in [6, 6.07) is 11.6. The summed E-state index contributed by atoms with van der Waals surface area (Å²) < 4.78 is 2.83. The monoisotopic (exact) mass is 344 g/mol. The van der Waals surface area contributed by atoms with Gasteiger partial charge in [-0.3, -0.25) is 9.36 Å². The zero-order valence-electron chi connectivity index (χ0n) is 11.4. The van der Waals surface area contributed by atoms with Crippen molar-refractivity contribution in [2.24, 2.45) is 0 Å². The Kier molecular flexibility index (Phi) is 3.70. The van der Waals surface area contributed by atoms with Gasteiger partial charge in [0.25, 0.3) is 0 Å². The third kappa shape index (κ3) is 2.67. The normalized spacial score (nSPS) is 10.8. The van der Waals surface area contributed by atoms with Crippen molar-refractivity contribution < 1.29 is 4.79 Å². The van der Waals surface area contributed by atoms with Crippen LogP contribution in [-0.4, -0.2) is 27.5 Å². The first-order valence-electron chi connectivity index (χ1n) is 6.47. The Morgan fingerprint density at radius 2 is 2.05 bits per heavy atom. The molecule has 3 rings (SSSR count). The third-order valence-corrected chi connectivity index (χ3v) is 3.72. The second-order valence-corrected chi connectivity index (χ2v) is 5.46. The molecule has 0 radical (unpaired) electrons. The lowest BCUT2D eigenvalue weighted by molar-refractivity contribution is -0.121. The number of hydrogen-bond acceptors (Lipinski definition) is 3. The number of fused-ring (bicyclic) bond motifs is 1. The van der Waals surface area contributed by atoms with Crippen LogP contribution in [-0.2, 0) is 11.3 Å². The van der Waals surface area contributed by atoms with Gasteiger partial charge in [-0.15, -0.1) is 0 Å². The number of carbonyl (C=O) groups is 1. The lowest BCUT2D eigenvalue weighted by atomic mass is 10.2. The van der Waals surface area contributed by atoms with Gasteiger partial charge in [-0.2, -0.15) is 0 Å². The molecule has 1 amide bonds. The van der Waals surface area contributed by atoms with E-state index in [1.165, 1.54) is 0 Å². The Morgan fingerprint density at radius 3 is 2.76 bits per heavy atom. The van der Waals surface area contributed by atoms with Crippen LogP contribution in [0.2, 0.25) is 0 Å². The van der Waals surface area contributed by atoms with Gasteiger partial charge in [-0.05, 0) is 24.3 Å². The fraction of sp³-hybridized carbons (Fsp3) is 0.133. The molecule has 106 valence electrons. The second kappa shape index (κ2) is 5.65. The van der Waals surface area contributed by atoms with Crippen LogP contribution in [0, 0.1) is 0 Å². The van der Waals surface area contributed by atoms with E-state index >= 15 is 0 Å². The lowest BCUT2D eigenvalue weighted by Gasteiger charge is -2.07. The molecule has 1 N–H and O–H groups in total. The van der Waals surface area contributed by atoms with E-state index < -0.39 is 0 Å². The molecule has 0 aliphatic rings. The second-order valence-electron chi connectivity index (χ2n) is 4.55. The molecular weight excluding hydrogens is 332 g/mol. The largest absolute Gasteiger partial charge is 0.358 e. The number of aromatic nitrogens is 3. The number of amides is 1. The van der Waals surface area contributed by atoms with Gasteiger partial charge in [0, 0.05) is 23.3 Å². The molecule has 6 heteroatoms. The zero-order chi connectivity index (χ0) is 14.8. The molecule has 0 aliphatic carbocycles. The predicted molar refractivity (Wildman–Crippen MR) is 84.7 cm³/mol. The molecule has 0 saturated carbocycles. The van der Waals surface area contributed by atoms with Crippen molar-refractivity contribution in [1.82, 2.24) is 19.9 Å². The first kappa shape index (κ1) is 13.8. The SMILES string of the molecule is CNC(=O)Cn1c(-c2ccc(Br)cc2)nc2cccnc21. The highest BCUT2D eigenvalue weighted by molar-refractivity contribution is 9.10. The molecule has 0 spiro atoms. The topological polar surface area (TPSA) is 59.8 Å². The van der Waals surface area contributed by atoms with Gasteiger partial charge in [0.05, 0.1) is 0 Å². The first-order chi connectivity index (χ1) is 10.2. The molecule has 21 heavy (non-hydrogen) atoms. The Hall–Kier alpha value is -2.21. The Morgan fingerprint density at radius 1 is 1.29 bits per heavy atom. The molecule has 3 aromatic rings. The predicted octanol–water partition coefficient (Wildman–Crippen LogP) is 2.61. The minimum absolute atomic E-state index is 0.0849. The molecule has 2 aromatic heterocycles. The van der Waals surface area contributed by atoms with Gasteiger partial charge in [0.2, 0.25) is 5.91 Å². The molecule has 0 saturated heterocycles. The number of halogens is 1. The molecule has 0 fully saturated rings. The van der Waals surface area contributed by atoms with E-state index in [1.54, 1.807) is 13.2 Å². The number of nitrogens with zero attached hydrogens (tertiary/aromatic N) is 3. The van der Waals surface area contributed by atoms with E-state index in [1.807, 2.05) is 41.0 Å². The maximum atomic E-state index is 11.8. The molecular formula is C15H13BrN4O. The van der Waals surface area contributed by atoms with Crippen molar-refractivity contribution in [2.75, 3.05) is 7.05 Å². The molecule has 5 nitrogen and oxygen atoms in total. The van der Waals surface area contributed by atoms with E-state index in [9.17, 15) is 4.79 Å². The van der Waals surface area contributed by atoms with Crippen LogP contribution in [0.25, 0.3) is 22.6 Å².